The molecule has 1 heterocycles. The fourth-order valence-corrected chi connectivity index (χ4v) is 2.81. The van der Waals surface area contributed by atoms with Gasteiger partial charge in [0.05, 0.1) is 0 Å². The van der Waals surface area contributed by atoms with Gasteiger partial charge in [-0.3, -0.25) is 4.79 Å². The van der Waals surface area contributed by atoms with Gasteiger partial charge < -0.3 is 14.2 Å². The Labute approximate surface area is 170 Å². The van der Waals surface area contributed by atoms with Crippen molar-refractivity contribution in [3.8, 4) is 17.1 Å². The smallest absolute Gasteiger partial charge is 0.261 e. The van der Waals surface area contributed by atoms with Gasteiger partial charge in [-0.2, -0.15) is 4.98 Å². The number of hydrogen-bond acceptors (Lipinski definition) is 5. The Morgan fingerprint density at radius 1 is 1.14 bits per heavy atom. The molecule has 0 aliphatic carbocycles. The number of amides is 1. The number of carbonyl (C=O) groups excluding carboxylic acids is 1. The predicted octanol–water partition coefficient (Wildman–Crippen LogP) is 4.26. The van der Waals surface area contributed by atoms with Gasteiger partial charge in [0.2, 0.25) is 11.7 Å². The zero-order valence-corrected chi connectivity index (χ0v) is 17.0. The van der Waals surface area contributed by atoms with Gasteiger partial charge in [-0.15, -0.1) is 6.58 Å². The lowest BCUT2D eigenvalue weighted by Gasteiger charge is -2.19. The number of hydrogen-bond donors (Lipinski definition) is 0. The highest BCUT2D eigenvalue weighted by Gasteiger charge is 2.18. The van der Waals surface area contributed by atoms with Crippen LogP contribution >= 0.6 is 0 Å². The Bertz CT molecular complexity index is 993. The highest BCUT2D eigenvalue weighted by atomic mass is 16.5. The van der Waals surface area contributed by atoms with Gasteiger partial charge in [0.1, 0.15) is 12.3 Å². The van der Waals surface area contributed by atoms with Gasteiger partial charge in [0.15, 0.2) is 6.61 Å². The number of rotatable bonds is 8. The van der Waals surface area contributed by atoms with Crippen LogP contribution in [0.3, 0.4) is 0 Å². The van der Waals surface area contributed by atoms with Gasteiger partial charge in [0.25, 0.3) is 5.91 Å². The normalized spacial score (nSPS) is 10.6. The second-order valence-electron chi connectivity index (χ2n) is 7.00. The van der Waals surface area contributed by atoms with Crippen LogP contribution in [0.2, 0.25) is 0 Å². The first-order valence-corrected chi connectivity index (χ1v) is 9.44. The largest absolute Gasteiger partial charge is 0.483 e. The van der Waals surface area contributed by atoms with E-state index in [-0.39, 0.29) is 19.1 Å². The van der Waals surface area contributed by atoms with E-state index < -0.39 is 0 Å². The van der Waals surface area contributed by atoms with Crippen LogP contribution in [0.5, 0.6) is 5.75 Å². The van der Waals surface area contributed by atoms with Gasteiger partial charge in [0, 0.05) is 12.1 Å². The molecule has 0 spiro atoms. The standard InChI is InChI=1S/C23H25N3O3/c1-5-12-26(22(27)15-28-20-13-17(3)6-9-18(20)4)14-21-24-23(25-29-21)19-10-7-16(2)8-11-19/h5-11,13H,1,12,14-15H2,2-4H3. The van der Waals surface area contributed by atoms with Crippen molar-refractivity contribution in [3.05, 3.63) is 77.7 Å². The van der Waals surface area contributed by atoms with Crippen molar-refractivity contribution in [2.45, 2.75) is 27.3 Å². The van der Waals surface area contributed by atoms with Gasteiger partial charge in [-0.25, -0.2) is 0 Å². The lowest BCUT2D eigenvalue weighted by Crippen LogP contribution is -2.34. The average Bonchev–Trinajstić information content (AvgIpc) is 3.17. The molecule has 2 aromatic carbocycles. The average molecular weight is 391 g/mol. The summed E-state index contributed by atoms with van der Waals surface area (Å²) in [7, 11) is 0. The fraction of sp³-hybridized carbons (Fsp3) is 0.261. The number of benzene rings is 2. The van der Waals surface area contributed by atoms with Crippen LogP contribution in [0.15, 0.2) is 59.6 Å². The molecule has 0 fully saturated rings. The molecule has 3 aromatic rings. The summed E-state index contributed by atoms with van der Waals surface area (Å²) in [6.45, 7) is 10.2. The van der Waals surface area contributed by atoms with E-state index in [2.05, 4.69) is 16.7 Å². The molecule has 0 saturated carbocycles. The van der Waals surface area contributed by atoms with Crippen LogP contribution in [-0.4, -0.2) is 34.1 Å². The molecule has 1 amide bonds. The van der Waals surface area contributed by atoms with E-state index in [0.29, 0.717) is 24.0 Å². The summed E-state index contributed by atoms with van der Waals surface area (Å²) in [5, 5.41) is 4.02. The Hall–Kier alpha value is -3.41. The Kier molecular flexibility index (Phi) is 6.44. The highest BCUT2D eigenvalue weighted by molar-refractivity contribution is 5.78. The summed E-state index contributed by atoms with van der Waals surface area (Å²) in [5.41, 5.74) is 4.09. The minimum atomic E-state index is -0.180. The first-order valence-electron chi connectivity index (χ1n) is 9.44. The fourth-order valence-electron chi connectivity index (χ4n) is 2.81. The lowest BCUT2D eigenvalue weighted by molar-refractivity contribution is -0.133. The molecule has 0 bridgehead atoms. The zero-order valence-electron chi connectivity index (χ0n) is 17.0. The summed E-state index contributed by atoms with van der Waals surface area (Å²) in [4.78, 5) is 18.7. The number of carbonyl (C=O) groups is 1. The molecule has 0 atom stereocenters. The molecule has 6 heteroatoms. The van der Waals surface area contributed by atoms with Crippen molar-refractivity contribution < 1.29 is 14.1 Å². The molecule has 0 aliphatic rings. The molecular weight excluding hydrogens is 366 g/mol. The van der Waals surface area contributed by atoms with E-state index >= 15 is 0 Å². The third-order valence-electron chi connectivity index (χ3n) is 4.50. The van der Waals surface area contributed by atoms with Crippen molar-refractivity contribution in [1.82, 2.24) is 15.0 Å². The predicted molar refractivity (Wildman–Crippen MR) is 111 cm³/mol. The Morgan fingerprint density at radius 2 is 1.86 bits per heavy atom. The molecule has 6 nitrogen and oxygen atoms in total. The van der Waals surface area contributed by atoms with E-state index in [1.807, 2.05) is 63.2 Å². The molecular formula is C23H25N3O3. The summed E-state index contributed by atoms with van der Waals surface area (Å²) in [6.07, 6.45) is 1.66. The SMILES string of the molecule is C=CCN(Cc1nc(-c2ccc(C)cc2)no1)C(=O)COc1cc(C)ccc1C. The van der Waals surface area contributed by atoms with E-state index in [9.17, 15) is 4.79 Å². The second-order valence-corrected chi connectivity index (χ2v) is 7.00. The van der Waals surface area contributed by atoms with E-state index in [4.69, 9.17) is 9.26 Å². The van der Waals surface area contributed by atoms with Crippen molar-refractivity contribution in [2.75, 3.05) is 13.2 Å². The van der Waals surface area contributed by atoms with E-state index in [0.717, 1.165) is 22.3 Å². The second kappa shape index (κ2) is 9.19. The maximum atomic E-state index is 12.7. The minimum absolute atomic E-state index is 0.0723. The van der Waals surface area contributed by atoms with E-state index in [1.54, 1.807) is 11.0 Å². The molecule has 0 radical (unpaired) electrons. The first-order chi connectivity index (χ1) is 14.0. The van der Waals surface area contributed by atoms with Crippen molar-refractivity contribution >= 4 is 5.91 Å². The molecule has 0 N–H and O–H groups in total. The van der Waals surface area contributed by atoms with Gasteiger partial charge in [-0.05, 0) is 38.0 Å². The Morgan fingerprint density at radius 3 is 2.59 bits per heavy atom. The molecule has 0 unspecified atom stereocenters. The Balaban J connectivity index is 1.66. The maximum Gasteiger partial charge on any atom is 0.261 e. The topological polar surface area (TPSA) is 68.5 Å². The third kappa shape index (κ3) is 5.31. The summed E-state index contributed by atoms with van der Waals surface area (Å²) in [5.74, 6) is 1.39. The van der Waals surface area contributed by atoms with Crippen LogP contribution in [0.1, 0.15) is 22.6 Å². The van der Waals surface area contributed by atoms with Crippen LogP contribution in [-0.2, 0) is 11.3 Å². The lowest BCUT2D eigenvalue weighted by atomic mass is 10.1. The van der Waals surface area contributed by atoms with Crippen LogP contribution < -0.4 is 4.74 Å². The minimum Gasteiger partial charge on any atom is -0.483 e. The number of nitrogens with zero attached hydrogens (tertiary/aromatic N) is 3. The molecule has 1 aromatic heterocycles. The number of aryl methyl sites for hydroxylation is 3. The molecule has 0 aliphatic heterocycles. The first kappa shape index (κ1) is 20.3. The zero-order chi connectivity index (χ0) is 20.8. The molecule has 150 valence electrons. The number of aromatic nitrogens is 2. The van der Waals surface area contributed by atoms with Crippen LogP contribution in [0.25, 0.3) is 11.4 Å². The molecule has 3 rings (SSSR count). The van der Waals surface area contributed by atoms with Crippen molar-refractivity contribution in [1.29, 1.82) is 0 Å². The van der Waals surface area contributed by atoms with Gasteiger partial charge >= 0.3 is 0 Å². The van der Waals surface area contributed by atoms with Gasteiger partial charge in [-0.1, -0.05) is 53.2 Å². The number of ether oxygens (including phenoxy) is 1. The quantitative estimate of drug-likeness (QED) is 0.537. The maximum absolute atomic E-state index is 12.7. The highest BCUT2D eigenvalue weighted by Crippen LogP contribution is 2.20. The van der Waals surface area contributed by atoms with Crippen molar-refractivity contribution in [2.24, 2.45) is 0 Å². The monoisotopic (exact) mass is 391 g/mol. The van der Waals surface area contributed by atoms with E-state index in [1.165, 1.54) is 0 Å². The van der Waals surface area contributed by atoms with Crippen molar-refractivity contribution in [3.63, 3.8) is 0 Å². The summed E-state index contributed by atoms with van der Waals surface area (Å²) >= 11 is 0. The van der Waals surface area contributed by atoms with Crippen LogP contribution in [0.4, 0.5) is 0 Å². The summed E-state index contributed by atoms with van der Waals surface area (Å²) in [6, 6.07) is 13.8. The molecule has 29 heavy (non-hydrogen) atoms. The summed E-state index contributed by atoms with van der Waals surface area (Å²) < 4.78 is 11.1. The molecule has 0 saturated heterocycles. The van der Waals surface area contributed by atoms with Crippen LogP contribution in [0, 0.1) is 20.8 Å². The third-order valence-corrected chi connectivity index (χ3v) is 4.50.